The molecule has 0 aliphatic carbocycles. The van der Waals surface area contributed by atoms with Gasteiger partial charge in [-0.15, -0.1) is 0 Å². The average Bonchev–Trinajstić information content (AvgIpc) is 3.02. The third-order valence-corrected chi connectivity index (χ3v) is 5.12. The van der Waals surface area contributed by atoms with Gasteiger partial charge in [-0.3, -0.25) is 9.48 Å². The Hall–Kier alpha value is -2.05. The Bertz CT molecular complexity index is 851. The summed E-state index contributed by atoms with van der Waals surface area (Å²) in [5, 5.41) is 7.25. The van der Waals surface area contributed by atoms with Gasteiger partial charge in [0.15, 0.2) is 0 Å². The maximum absolute atomic E-state index is 12.6. The van der Waals surface area contributed by atoms with Crippen LogP contribution in [0.4, 0.5) is 5.69 Å². The predicted molar refractivity (Wildman–Crippen MR) is 105 cm³/mol. The number of rotatable bonds is 6. The number of aromatic nitrogens is 2. The van der Waals surface area contributed by atoms with Crippen molar-refractivity contribution in [3.05, 3.63) is 71.5 Å². The number of carbonyl (C=O) groups excluding carboxylic acids is 1. The molecule has 3 aromatic rings. The molecular formula is C19H18BrN3OS. The number of benzene rings is 2. The molecule has 25 heavy (non-hydrogen) atoms. The minimum absolute atomic E-state index is 0.0206. The molecule has 1 heterocycles. The van der Waals surface area contributed by atoms with E-state index in [2.05, 4.69) is 38.5 Å². The molecule has 1 atom stereocenters. The minimum atomic E-state index is -0.193. The highest BCUT2D eigenvalue weighted by atomic mass is 79.9. The van der Waals surface area contributed by atoms with Crippen LogP contribution in [0.15, 0.2) is 81.3 Å². The fraction of sp³-hybridized carbons (Fsp3) is 0.158. The summed E-state index contributed by atoms with van der Waals surface area (Å²) in [6.07, 6.45) is 3.58. The van der Waals surface area contributed by atoms with Gasteiger partial charge in [-0.1, -0.05) is 49.0 Å². The molecule has 1 aromatic heterocycles. The van der Waals surface area contributed by atoms with Crippen LogP contribution in [0.2, 0.25) is 0 Å². The Morgan fingerprint density at radius 3 is 2.64 bits per heavy atom. The van der Waals surface area contributed by atoms with Gasteiger partial charge in [-0.05, 0) is 40.2 Å². The maximum Gasteiger partial charge on any atom is 0.229 e. The first kappa shape index (κ1) is 17.8. The molecule has 0 aliphatic heterocycles. The summed E-state index contributed by atoms with van der Waals surface area (Å²) >= 11 is 5.00. The van der Waals surface area contributed by atoms with Crippen molar-refractivity contribution < 1.29 is 4.79 Å². The highest BCUT2D eigenvalue weighted by Crippen LogP contribution is 2.33. The van der Waals surface area contributed by atoms with Crippen LogP contribution in [0, 0.1) is 5.92 Å². The number of hydrogen-bond acceptors (Lipinski definition) is 3. The molecule has 6 heteroatoms. The molecule has 0 spiro atoms. The van der Waals surface area contributed by atoms with Gasteiger partial charge in [0, 0.05) is 16.0 Å². The predicted octanol–water partition coefficient (Wildman–Crippen LogP) is 5.07. The first-order valence-electron chi connectivity index (χ1n) is 7.92. The Labute approximate surface area is 159 Å². The van der Waals surface area contributed by atoms with Crippen LogP contribution in [-0.4, -0.2) is 15.7 Å². The van der Waals surface area contributed by atoms with Crippen LogP contribution < -0.4 is 5.32 Å². The van der Waals surface area contributed by atoms with Crippen molar-refractivity contribution in [2.45, 2.75) is 23.3 Å². The van der Waals surface area contributed by atoms with Gasteiger partial charge in [-0.2, -0.15) is 5.10 Å². The summed E-state index contributed by atoms with van der Waals surface area (Å²) in [5.41, 5.74) is 0.829. The molecule has 1 unspecified atom stereocenters. The topological polar surface area (TPSA) is 46.9 Å². The molecule has 0 radical (unpaired) electrons. The molecule has 4 nitrogen and oxygen atoms in total. The zero-order valence-corrected chi connectivity index (χ0v) is 16.1. The van der Waals surface area contributed by atoms with Crippen molar-refractivity contribution in [2.75, 3.05) is 5.32 Å². The molecule has 0 saturated heterocycles. The number of hydrogen-bond donors (Lipinski definition) is 1. The van der Waals surface area contributed by atoms with Gasteiger partial charge in [-0.25, -0.2) is 0 Å². The Morgan fingerprint density at radius 1 is 1.20 bits per heavy atom. The lowest BCUT2D eigenvalue weighted by Gasteiger charge is -2.15. The second-order valence-electron chi connectivity index (χ2n) is 5.68. The van der Waals surface area contributed by atoms with Crippen molar-refractivity contribution in [3.8, 4) is 0 Å². The molecule has 0 bridgehead atoms. The van der Waals surface area contributed by atoms with Crippen LogP contribution >= 0.6 is 27.7 Å². The monoisotopic (exact) mass is 415 g/mol. The lowest BCUT2D eigenvalue weighted by molar-refractivity contribution is -0.119. The lowest BCUT2D eigenvalue weighted by atomic mass is 10.1. The van der Waals surface area contributed by atoms with Crippen LogP contribution in [0.5, 0.6) is 0 Å². The first-order chi connectivity index (χ1) is 12.1. The van der Waals surface area contributed by atoms with Crippen LogP contribution in [0.3, 0.4) is 0 Å². The number of nitrogens with one attached hydrogen (secondary N) is 1. The SMILES string of the molecule is CC(Cn1cc(Br)cn1)C(=O)Nc1ccccc1Sc1ccccc1. The third kappa shape index (κ3) is 4.96. The molecule has 1 N–H and O–H groups in total. The van der Waals surface area contributed by atoms with E-state index in [1.54, 1.807) is 22.6 Å². The smallest absolute Gasteiger partial charge is 0.229 e. The number of anilines is 1. The Morgan fingerprint density at radius 2 is 1.92 bits per heavy atom. The molecule has 128 valence electrons. The lowest BCUT2D eigenvalue weighted by Crippen LogP contribution is -2.24. The van der Waals surface area contributed by atoms with Gasteiger partial charge in [0.2, 0.25) is 5.91 Å². The fourth-order valence-electron chi connectivity index (χ4n) is 2.33. The van der Waals surface area contributed by atoms with Crippen molar-refractivity contribution >= 4 is 39.3 Å². The zero-order valence-electron chi connectivity index (χ0n) is 13.7. The van der Waals surface area contributed by atoms with E-state index in [9.17, 15) is 4.79 Å². The van der Waals surface area contributed by atoms with Crippen molar-refractivity contribution in [1.29, 1.82) is 0 Å². The van der Waals surface area contributed by atoms with E-state index in [4.69, 9.17) is 0 Å². The summed E-state index contributed by atoms with van der Waals surface area (Å²) in [6, 6.07) is 18.0. The first-order valence-corrected chi connectivity index (χ1v) is 9.53. The number of amides is 1. The molecule has 3 rings (SSSR count). The van der Waals surface area contributed by atoms with Gasteiger partial charge in [0.25, 0.3) is 0 Å². The van der Waals surface area contributed by atoms with E-state index in [0.717, 1.165) is 20.0 Å². The van der Waals surface area contributed by atoms with E-state index >= 15 is 0 Å². The minimum Gasteiger partial charge on any atom is -0.325 e. The normalized spacial score (nSPS) is 11.9. The molecular weight excluding hydrogens is 398 g/mol. The van der Waals surface area contributed by atoms with Gasteiger partial charge in [0.1, 0.15) is 0 Å². The fourth-order valence-corrected chi connectivity index (χ4v) is 3.58. The number of carbonyl (C=O) groups is 1. The van der Waals surface area contributed by atoms with Crippen molar-refractivity contribution in [3.63, 3.8) is 0 Å². The van der Waals surface area contributed by atoms with Crippen molar-refractivity contribution in [1.82, 2.24) is 9.78 Å². The second-order valence-corrected chi connectivity index (χ2v) is 7.71. The Kier molecular flexibility index (Phi) is 5.94. The summed E-state index contributed by atoms with van der Waals surface area (Å²) < 4.78 is 2.67. The van der Waals surface area contributed by atoms with Gasteiger partial charge >= 0.3 is 0 Å². The van der Waals surface area contributed by atoms with E-state index in [-0.39, 0.29) is 11.8 Å². The Balaban J connectivity index is 1.68. The standard InChI is InChI=1S/C19H18BrN3OS/c1-14(12-23-13-15(20)11-21-23)19(24)22-17-9-5-6-10-18(17)25-16-7-3-2-4-8-16/h2-11,13-14H,12H2,1H3,(H,22,24). The van der Waals surface area contributed by atoms with E-state index in [0.29, 0.717) is 6.54 Å². The van der Waals surface area contributed by atoms with E-state index < -0.39 is 0 Å². The van der Waals surface area contributed by atoms with Gasteiger partial charge in [0.05, 0.1) is 28.8 Å². The van der Waals surface area contributed by atoms with E-state index in [1.165, 1.54) is 0 Å². The average molecular weight is 416 g/mol. The zero-order chi connectivity index (χ0) is 17.6. The van der Waals surface area contributed by atoms with Gasteiger partial charge < -0.3 is 5.32 Å². The van der Waals surface area contributed by atoms with Crippen LogP contribution in [0.1, 0.15) is 6.92 Å². The van der Waals surface area contributed by atoms with E-state index in [1.807, 2.05) is 55.6 Å². The summed E-state index contributed by atoms with van der Waals surface area (Å²) in [7, 11) is 0. The third-order valence-electron chi connectivity index (χ3n) is 3.63. The maximum atomic E-state index is 12.6. The number of halogens is 1. The molecule has 1 amide bonds. The molecule has 2 aromatic carbocycles. The number of nitrogens with zero attached hydrogens (tertiary/aromatic N) is 2. The van der Waals surface area contributed by atoms with Crippen molar-refractivity contribution in [2.24, 2.45) is 5.92 Å². The van der Waals surface area contributed by atoms with Crippen LogP contribution in [0.25, 0.3) is 0 Å². The quantitative estimate of drug-likeness (QED) is 0.610. The summed E-state index contributed by atoms with van der Waals surface area (Å²) in [6.45, 7) is 2.43. The highest BCUT2D eigenvalue weighted by Gasteiger charge is 2.16. The second kappa shape index (κ2) is 8.36. The molecule has 0 saturated carbocycles. The highest BCUT2D eigenvalue weighted by molar-refractivity contribution is 9.10. The summed E-state index contributed by atoms with van der Waals surface area (Å²) in [4.78, 5) is 14.7. The van der Waals surface area contributed by atoms with Crippen LogP contribution in [-0.2, 0) is 11.3 Å². The number of para-hydroxylation sites is 1. The summed E-state index contributed by atoms with van der Waals surface area (Å²) in [5.74, 6) is -0.214. The molecule has 0 fully saturated rings. The molecule has 0 aliphatic rings. The largest absolute Gasteiger partial charge is 0.325 e.